The van der Waals surface area contributed by atoms with Crippen LogP contribution in [0.4, 0.5) is 0 Å². The highest BCUT2D eigenvalue weighted by Gasteiger charge is 2.34. The van der Waals surface area contributed by atoms with E-state index in [9.17, 15) is 9.59 Å². The van der Waals surface area contributed by atoms with Crippen molar-refractivity contribution < 1.29 is 14.7 Å². The van der Waals surface area contributed by atoms with Gasteiger partial charge in [0.25, 0.3) is 5.91 Å². The molecule has 1 aliphatic heterocycles. The molecule has 19 heavy (non-hydrogen) atoms. The number of carboxylic acid groups (broad SMARTS) is 1. The quantitative estimate of drug-likeness (QED) is 0.853. The number of hydrogen-bond donors (Lipinski definition) is 1. The molecule has 1 aliphatic rings. The van der Waals surface area contributed by atoms with E-state index >= 15 is 0 Å². The van der Waals surface area contributed by atoms with Crippen LogP contribution in [0.1, 0.15) is 34.6 Å². The first kappa shape index (κ1) is 13.0. The maximum Gasteiger partial charge on any atom is 0.326 e. The largest absolute Gasteiger partial charge is 0.480 e. The van der Waals surface area contributed by atoms with Gasteiger partial charge in [0.1, 0.15) is 17.8 Å². The predicted molar refractivity (Wildman–Crippen MR) is 65.4 cm³/mol. The van der Waals surface area contributed by atoms with Crippen molar-refractivity contribution >= 4 is 11.9 Å². The third kappa shape index (κ3) is 2.40. The van der Waals surface area contributed by atoms with E-state index < -0.39 is 17.9 Å². The van der Waals surface area contributed by atoms with Gasteiger partial charge in [-0.1, -0.05) is 0 Å². The summed E-state index contributed by atoms with van der Waals surface area (Å²) in [6.07, 6.45) is 1.15. The lowest BCUT2D eigenvalue weighted by Gasteiger charge is -2.21. The third-order valence-corrected chi connectivity index (χ3v) is 3.22. The van der Waals surface area contributed by atoms with Gasteiger partial charge in [0.05, 0.1) is 11.3 Å². The Kier molecular flexibility index (Phi) is 3.47. The van der Waals surface area contributed by atoms with Crippen LogP contribution in [-0.2, 0) is 4.79 Å². The first-order valence-corrected chi connectivity index (χ1v) is 5.96. The van der Waals surface area contributed by atoms with Crippen LogP contribution in [-0.4, -0.2) is 39.5 Å². The zero-order valence-electron chi connectivity index (χ0n) is 10.5. The molecule has 0 aliphatic carbocycles. The molecule has 0 aromatic carbocycles. The standard InChI is InChI=1S/C13H13N3O3/c1-8-9(7-14)4-5-10(15-8)12(17)16-6-2-3-11(16)13(18)19/h4-5,11H,2-3,6H2,1H3,(H,18,19)/t11-/m1/s1. The van der Waals surface area contributed by atoms with E-state index in [0.29, 0.717) is 30.6 Å². The van der Waals surface area contributed by atoms with Crippen LogP contribution in [0.15, 0.2) is 12.1 Å². The number of carbonyl (C=O) groups excluding carboxylic acids is 1. The number of rotatable bonds is 2. The topological polar surface area (TPSA) is 94.3 Å². The predicted octanol–water partition coefficient (Wildman–Crippen LogP) is 0.951. The second-order valence-electron chi connectivity index (χ2n) is 4.44. The maximum atomic E-state index is 12.2. The molecule has 1 aromatic rings. The average molecular weight is 259 g/mol. The van der Waals surface area contributed by atoms with Gasteiger partial charge in [-0.25, -0.2) is 9.78 Å². The number of aryl methyl sites for hydroxylation is 1. The van der Waals surface area contributed by atoms with Crippen LogP contribution < -0.4 is 0 Å². The van der Waals surface area contributed by atoms with Crippen molar-refractivity contribution in [1.82, 2.24) is 9.88 Å². The highest BCUT2D eigenvalue weighted by molar-refractivity contribution is 5.95. The Labute approximate surface area is 110 Å². The summed E-state index contributed by atoms with van der Waals surface area (Å²) in [6.45, 7) is 2.07. The molecule has 0 spiro atoms. The lowest BCUT2D eigenvalue weighted by Crippen LogP contribution is -2.40. The molecule has 1 N–H and O–H groups in total. The Hall–Kier alpha value is -2.42. The van der Waals surface area contributed by atoms with Gasteiger partial charge in [-0.2, -0.15) is 5.26 Å². The van der Waals surface area contributed by atoms with Gasteiger partial charge in [-0.3, -0.25) is 4.79 Å². The smallest absolute Gasteiger partial charge is 0.326 e. The summed E-state index contributed by atoms with van der Waals surface area (Å²) >= 11 is 0. The Balaban J connectivity index is 2.27. The summed E-state index contributed by atoms with van der Waals surface area (Å²) in [5, 5.41) is 17.9. The molecule has 6 heteroatoms. The van der Waals surface area contributed by atoms with Crippen LogP contribution in [0.25, 0.3) is 0 Å². The van der Waals surface area contributed by atoms with Crippen molar-refractivity contribution in [3.63, 3.8) is 0 Å². The summed E-state index contributed by atoms with van der Waals surface area (Å²) in [5.74, 6) is -1.38. The minimum atomic E-state index is -0.990. The van der Waals surface area contributed by atoms with E-state index in [2.05, 4.69) is 4.98 Å². The molecule has 1 saturated heterocycles. The van der Waals surface area contributed by atoms with Gasteiger partial charge in [0.15, 0.2) is 0 Å². The van der Waals surface area contributed by atoms with Gasteiger partial charge in [0.2, 0.25) is 0 Å². The fourth-order valence-corrected chi connectivity index (χ4v) is 2.21. The minimum Gasteiger partial charge on any atom is -0.480 e. The summed E-state index contributed by atoms with van der Waals surface area (Å²) in [7, 11) is 0. The Morgan fingerprint density at radius 2 is 2.26 bits per heavy atom. The van der Waals surface area contributed by atoms with E-state index in [4.69, 9.17) is 10.4 Å². The number of carboxylic acids is 1. The van der Waals surface area contributed by atoms with Crippen LogP contribution >= 0.6 is 0 Å². The molecule has 0 saturated carbocycles. The maximum absolute atomic E-state index is 12.2. The number of aromatic nitrogens is 1. The molecule has 0 unspecified atom stereocenters. The van der Waals surface area contributed by atoms with E-state index in [1.54, 1.807) is 6.92 Å². The molecule has 1 atom stereocenters. The zero-order valence-corrected chi connectivity index (χ0v) is 10.5. The monoisotopic (exact) mass is 259 g/mol. The summed E-state index contributed by atoms with van der Waals surface area (Å²) in [6, 6.07) is 4.20. The second-order valence-corrected chi connectivity index (χ2v) is 4.44. The molecule has 6 nitrogen and oxygen atoms in total. The van der Waals surface area contributed by atoms with Gasteiger partial charge in [-0.15, -0.1) is 0 Å². The molecule has 1 fully saturated rings. The van der Waals surface area contributed by atoms with Crippen molar-refractivity contribution in [1.29, 1.82) is 5.26 Å². The summed E-state index contributed by atoms with van der Waals surface area (Å²) < 4.78 is 0. The molecular formula is C13H13N3O3. The molecule has 2 rings (SSSR count). The van der Waals surface area contributed by atoms with Crippen LogP contribution in [0.3, 0.4) is 0 Å². The number of aliphatic carboxylic acids is 1. The fourth-order valence-electron chi connectivity index (χ4n) is 2.21. The molecule has 0 bridgehead atoms. The Morgan fingerprint density at radius 1 is 1.53 bits per heavy atom. The van der Waals surface area contributed by atoms with E-state index in [0.717, 1.165) is 0 Å². The fraction of sp³-hybridized carbons (Fsp3) is 0.385. The first-order chi connectivity index (χ1) is 9.04. The number of nitrogens with zero attached hydrogens (tertiary/aromatic N) is 3. The van der Waals surface area contributed by atoms with Crippen LogP contribution in [0, 0.1) is 18.3 Å². The lowest BCUT2D eigenvalue weighted by atomic mass is 10.2. The molecule has 2 heterocycles. The van der Waals surface area contributed by atoms with Crippen LogP contribution in [0.2, 0.25) is 0 Å². The third-order valence-electron chi connectivity index (χ3n) is 3.22. The Bertz CT molecular complexity index is 577. The van der Waals surface area contributed by atoms with E-state index in [1.165, 1.54) is 17.0 Å². The molecule has 1 aromatic heterocycles. The van der Waals surface area contributed by atoms with Gasteiger partial charge < -0.3 is 10.0 Å². The van der Waals surface area contributed by atoms with Crippen molar-refractivity contribution in [2.75, 3.05) is 6.54 Å². The molecular weight excluding hydrogens is 246 g/mol. The molecule has 1 amide bonds. The van der Waals surface area contributed by atoms with Crippen molar-refractivity contribution in [3.05, 3.63) is 29.1 Å². The Morgan fingerprint density at radius 3 is 2.84 bits per heavy atom. The number of hydrogen-bond acceptors (Lipinski definition) is 4. The second kappa shape index (κ2) is 5.06. The average Bonchev–Trinajstić information content (AvgIpc) is 2.87. The number of carbonyl (C=O) groups is 2. The number of amides is 1. The van der Waals surface area contributed by atoms with Gasteiger partial charge >= 0.3 is 5.97 Å². The van der Waals surface area contributed by atoms with Crippen molar-refractivity contribution in [2.24, 2.45) is 0 Å². The van der Waals surface area contributed by atoms with Crippen LogP contribution in [0.5, 0.6) is 0 Å². The number of pyridine rings is 1. The number of nitriles is 1. The van der Waals surface area contributed by atoms with E-state index in [-0.39, 0.29) is 5.69 Å². The minimum absolute atomic E-state index is 0.185. The highest BCUT2D eigenvalue weighted by Crippen LogP contribution is 2.20. The molecule has 98 valence electrons. The highest BCUT2D eigenvalue weighted by atomic mass is 16.4. The SMILES string of the molecule is Cc1nc(C(=O)N2CCC[C@@H]2C(=O)O)ccc1C#N. The first-order valence-electron chi connectivity index (χ1n) is 5.96. The summed E-state index contributed by atoms with van der Waals surface area (Å²) in [5.41, 5.74) is 1.07. The van der Waals surface area contributed by atoms with E-state index in [1.807, 2.05) is 6.07 Å². The number of likely N-dealkylation sites (tertiary alicyclic amines) is 1. The lowest BCUT2D eigenvalue weighted by molar-refractivity contribution is -0.141. The summed E-state index contributed by atoms with van der Waals surface area (Å²) in [4.78, 5) is 28.7. The normalized spacial score (nSPS) is 18.1. The molecule has 0 radical (unpaired) electrons. The van der Waals surface area contributed by atoms with Crippen molar-refractivity contribution in [2.45, 2.75) is 25.8 Å². The van der Waals surface area contributed by atoms with Gasteiger partial charge in [0, 0.05) is 6.54 Å². The van der Waals surface area contributed by atoms with Crippen molar-refractivity contribution in [3.8, 4) is 6.07 Å². The van der Waals surface area contributed by atoms with Gasteiger partial charge in [-0.05, 0) is 31.9 Å². The zero-order chi connectivity index (χ0) is 14.0.